The number of hydrogen-bond donors (Lipinski definition) is 1. The van der Waals surface area contributed by atoms with Gasteiger partial charge in [0.1, 0.15) is 23.3 Å². The normalized spacial score (nSPS) is 11.6. The molecule has 4 aromatic carbocycles. The maximum absolute atomic E-state index is 14.6. The molecule has 6 aromatic heterocycles. The number of pyridine rings is 2. The summed E-state index contributed by atoms with van der Waals surface area (Å²) in [5, 5.41) is 17.4. The van der Waals surface area contributed by atoms with Crippen molar-refractivity contribution in [1.82, 2.24) is 38.8 Å². The predicted octanol–water partition coefficient (Wildman–Crippen LogP) is 10.2. The summed E-state index contributed by atoms with van der Waals surface area (Å²) in [6.45, 7) is 1.59. The third kappa shape index (κ3) is 8.88. The van der Waals surface area contributed by atoms with E-state index in [2.05, 4.69) is 20.4 Å². The summed E-state index contributed by atoms with van der Waals surface area (Å²) in [6, 6.07) is 25.3. The molecule has 0 radical (unpaired) electrons. The van der Waals surface area contributed by atoms with E-state index in [1.807, 2.05) is 75.3 Å². The largest absolute Gasteiger partial charge is 0.399 e. The topological polar surface area (TPSA) is 130 Å². The van der Waals surface area contributed by atoms with E-state index < -0.39 is 33.1 Å². The number of aromatic nitrogens is 8. The second kappa shape index (κ2) is 17.0. The van der Waals surface area contributed by atoms with Gasteiger partial charge in [0.25, 0.3) is 0 Å². The molecule has 2 N–H and O–H groups in total. The van der Waals surface area contributed by atoms with Crippen molar-refractivity contribution in [1.29, 1.82) is 0 Å². The number of nitrogen functional groups attached to an aromatic ring is 1. The van der Waals surface area contributed by atoms with Crippen LogP contribution in [0.2, 0.25) is 0 Å². The van der Waals surface area contributed by atoms with Gasteiger partial charge >= 0.3 is 0 Å². The summed E-state index contributed by atoms with van der Waals surface area (Å²) >= 11 is 0. The van der Waals surface area contributed by atoms with Gasteiger partial charge in [-0.2, -0.15) is 20.4 Å². The lowest BCUT2D eigenvalue weighted by molar-refractivity contribution is 0.585. The number of fused-ring (bicyclic) bond motifs is 2. The number of hydrogen-bond acceptors (Lipinski definition) is 7. The average Bonchev–Trinajstić information content (AvgIpc) is 4.10. The Bertz CT molecular complexity index is 3540. The summed E-state index contributed by atoms with van der Waals surface area (Å²) in [5.74, 6) is -2.83. The first-order valence-electron chi connectivity index (χ1n) is 20.3. The number of nitrogens with zero attached hydrogens (tertiary/aromatic N) is 8. The van der Waals surface area contributed by atoms with Crippen LogP contribution >= 0.6 is 0 Å². The molecule has 65 heavy (non-hydrogen) atoms. The molecule has 0 saturated carbocycles. The number of benzene rings is 4. The Morgan fingerprint density at radius 2 is 0.938 bits per heavy atom. The highest BCUT2D eigenvalue weighted by atomic mass is 32.2. The number of rotatable bonds is 9. The molecule has 0 amide bonds. The van der Waals surface area contributed by atoms with Crippen molar-refractivity contribution in [3.05, 3.63) is 175 Å². The average molecular weight is 894 g/mol. The molecule has 0 aliphatic carbocycles. The van der Waals surface area contributed by atoms with Crippen LogP contribution in [0.15, 0.2) is 147 Å². The first-order valence-corrected chi connectivity index (χ1v) is 22.1. The third-order valence-electron chi connectivity index (χ3n) is 11.0. The molecule has 6 heterocycles. The molecule has 0 atom stereocenters. The molecule has 10 rings (SSSR count). The molecule has 0 bridgehead atoms. The lowest BCUT2D eigenvalue weighted by Crippen LogP contribution is -2.07. The molecule has 10 aromatic rings. The van der Waals surface area contributed by atoms with Gasteiger partial charge in [0.2, 0.25) is 0 Å². The van der Waals surface area contributed by atoms with Gasteiger partial charge < -0.3 is 5.73 Å². The molecule has 16 heteroatoms. The number of anilines is 1. The number of aryl methyl sites for hydroxylation is 2. The molecule has 0 unspecified atom stereocenters. The van der Waals surface area contributed by atoms with Crippen LogP contribution in [0.1, 0.15) is 12.5 Å². The fourth-order valence-electron chi connectivity index (χ4n) is 7.75. The number of sulfone groups is 1. The van der Waals surface area contributed by atoms with Gasteiger partial charge in [-0.3, -0.25) is 9.36 Å². The monoisotopic (exact) mass is 893 g/mol. The molecular formula is C49H39F4N9O2S. The Labute approximate surface area is 370 Å². The fourth-order valence-corrected chi connectivity index (χ4v) is 8.63. The van der Waals surface area contributed by atoms with Crippen LogP contribution in [0.5, 0.6) is 0 Å². The van der Waals surface area contributed by atoms with E-state index in [9.17, 15) is 26.0 Å². The van der Waals surface area contributed by atoms with Crippen LogP contribution in [-0.4, -0.2) is 53.0 Å². The Morgan fingerprint density at radius 3 is 1.37 bits per heavy atom. The Hall–Kier alpha value is -7.85. The Kier molecular flexibility index (Phi) is 11.1. The summed E-state index contributed by atoms with van der Waals surface area (Å²) < 4.78 is 87.5. The highest BCUT2D eigenvalue weighted by Crippen LogP contribution is 2.36. The SMILES string of the molecule is CCS(=O)(=O)Cc1cc(-c2ccc(F)cc2F)cc(-c2cnn3cc(-c4cnn(C)c4)ccc23)c1.Cn1cc(-c2ccc3c(-c4cc(N)cc(-c5ccc(F)cc5F)c4)cnn3c2)cn1. The molecular weight excluding hydrogens is 855 g/mol. The molecule has 326 valence electrons. The molecule has 0 saturated heterocycles. The smallest absolute Gasteiger partial charge is 0.154 e. The van der Waals surface area contributed by atoms with Gasteiger partial charge in [-0.1, -0.05) is 19.1 Å². The lowest BCUT2D eigenvalue weighted by atomic mass is 9.96. The number of halogens is 4. The van der Waals surface area contributed by atoms with Gasteiger partial charge in [0.15, 0.2) is 9.84 Å². The van der Waals surface area contributed by atoms with Gasteiger partial charge in [-0.15, -0.1) is 0 Å². The number of nitrogens with two attached hydrogens (primary N) is 1. The minimum Gasteiger partial charge on any atom is -0.399 e. The van der Waals surface area contributed by atoms with E-state index in [0.29, 0.717) is 33.5 Å². The van der Waals surface area contributed by atoms with Gasteiger partial charge in [-0.25, -0.2) is 35.0 Å². The fraction of sp³-hybridized carbons (Fsp3) is 0.102. The zero-order valence-corrected chi connectivity index (χ0v) is 36.0. The first-order chi connectivity index (χ1) is 31.2. The van der Waals surface area contributed by atoms with Crippen molar-refractivity contribution < 1.29 is 26.0 Å². The zero-order valence-electron chi connectivity index (χ0n) is 35.2. The lowest BCUT2D eigenvalue weighted by Gasteiger charge is -2.11. The summed E-state index contributed by atoms with van der Waals surface area (Å²) in [5.41, 5.74) is 17.3. The molecule has 0 fully saturated rings. The van der Waals surface area contributed by atoms with Gasteiger partial charge in [-0.05, 0) is 101 Å². The second-order valence-corrected chi connectivity index (χ2v) is 18.0. The maximum atomic E-state index is 14.6. The van der Waals surface area contributed by atoms with E-state index in [1.54, 1.807) is 74.4 Å². The van der Waals surface area contributed by atoms with Crippen molar-refractivity contribution in [2.75, 3.05) is 11.5 Å². The zero-order chi connectivity index (χ0) is 45.6. The Balaban J connectivity index is 0.000000166. The summed E-state index contributed by atoms with van der Waals surface area (Å²) in [6.07, 6.45) is 14.7. The van der Waals surface area contributed by atoms with Crippen LogP contribution in [0.3, 0.4) is 0 Å². The highest BCUT2D eigenvalue weighted by Gasteiger charge is 2.18. The first kappa shape index (κ1) is 42.5. The van der Waals surface area contributed by atoms with Gasteiger partial charge in [0, 0.05) is 107 Å². The van der Waals surface area contributed by atoms with Crippen molar-refractivity contribution in [2.45, 2.75) is 12.7 Å². The van der Waals surface area contributed by atoms with Crippen molar-refractivity contribution in [3.8, 4) is 66.8 Å². The molecule has 0 spiro atoms. The maximum Gasteiger partial charge on any atom is 0.154 e. The summed E-state index contributed by atoms with van der Waals surface area (Å²) in [7, 11) is 0.386. The highest BCUT2D eigenvalue weighted by molar-refractivity contribution is 7.90. The van der Waals surface area contributed by atoms with Crippen LogP contribution in [0.25, 0.3) is 77.8 Å². The van der Waals surface area contributed by atoms with E-state index in [-0.39, 0.29) is 17.1 Å². The van der Waals surface area contributed by atoms with Crippen molar-refractivity contribution in [3.63, 3.8) is 0 Å². The Morgan fingerprint density at radius 1 is 0.492 bits per heavy atom. The van der Waals surface area contributed by atoms with Crippen LogP contribution in [0, 0.1) is 23.3 Å². The van der Waals surface area contributed by atoms with Gasteiger partial charge in [0.05, 0.1) is 41.6 Å². The van der Waals surface area contributed by atoms with Crippen LogP contribution in [0.4, 0.5) is 23.2 Å². The third-order valence-corrected chi connectivity index (χ3v) is 12.6. The van der Waals surface area contributed by atoms with E-state index >= 15 is 0 Å². The standard InChI is InChI=1S/C26H22F2N4O2S.C23H17F2N5/c1-3-35(33,34)16-17-8-19(23-6-5-22(27)11-25(23)28)10-20(9-17)24-13-30-32-15-18(4-7-26(24)32)21-12-29-31(2)14-21;1-29-12-17(10-27-29)14-2-5-23-21(11-28-30(23)13-14)16-6-15(7-19(26)8-16)20-4-3-18(24)9-22(20)25/h4-15H,3,16H2,1-2H3;2-13H,26H2,1H3. The predicted molar refractivity (Wildman–Crippen MR) is 244 cm³/mol. The van der Waals surface area contributed by atoms with Crippen molar-refractivity contribution >= 4 is 26.6 Å². The molecule has 11 nitrogen and oxygen atoms in total. The second-order valence-electron chi connectivity index (χ2n) is 15.6. The quantitative estimate of drug-likeness (QED) is 0.113. The van der Waals surface area contributed by atoms with E-state index in [0.717, 1.165) is 62.1 Å². The molecule has 0 aliphatic rings. The molecule has 0 aliphatic heterocycles. The van der Waals surface area contributed by atoms with E-state index in [1.165, 1.54) is 24.3 Å². The minimum absolute atomic E-state index is 0.00863. The minimum atomic E-state index is -3.33. The van der Waals surface area contributed by atoms with Crippen LogP contribution < -0.4 is 5.73 Å². The van der Waals surface area contributed by atoms with Crippen LogP contribution in [-0.2, 0) is 29.7 Å². The van der Waals surface area contributed by atoms with E-state index in [4.69, 9.17) is 5.73 Å². The summed E-state index contributed by atoms with van der Waals surface area (Å²) in [4.78, 5) is 0. The van der Waals surface area contributed by atoms with Crippen molar-refractivity contribution in [2.24, 2.45) is 14.1 Å².